The van der Waals surface area contributed by atoms with Crippen LogP contribution in [0.4, 0.5) is 13.2 Å². The summed E-state index contributed by atoms with van der Waals surface area (Å²) in [5.74, 6) is -0.175. The van der Waals surface area contributed by atoms with E-state index < -0.39 is 11.7 Å². The number of hydrogen-bond acceptors (Lipinski definition) is 4. The Bertz CT molecular complexity index is 993. The summed E-state index contributed by atoms with van der Waals surface area (Å²) in [6.45, 7) is 2.87. The van der Waals surface area contributed by atoms with E-state index in [1.807, 2.05) is 30.3 Å². The third-order valence-corrected chi connectivity index (χ3v) is 5.05. The van der Waals surface area contributed by atoms with Crippen LogP contribution in [-0.4, -0.2) is 56.9 Å². The van der Waals surface area contributed by atoms with Crippen LogP contribution in [0, 0.1) is 0 Å². The van der Waals surface area contributed by atoms with E-state index in [9.17, 15) is 18.0 Å². The Hall–Kier alpha value is -3.20. The number of alkyl halides is 3. The van der Waals surface area contributed by atoms with E-state index in [-0.39, 0.29) is 11.6 Å². The summed E-state index contributed by atoms with van der Waals surface area (Å²) >= 11 is 0. The van der Waals surface area contributed by atoms with Crippen LogP contribution in [0.1, 0.15) is 21.6 Å². The Kier molecular flexibility index (Phi) is 5.54. The molecule has 0 aliphatic carbocycles. The third kappa shape index (κ3) is 4.51. The van der Waals surface area contributed by atoms with Gasteiger partial charge in [0.2, 0.25) is 0 Å². The first-order chi connectivity index (χ1) is 14.4. The summed E-state index contributed by atoms with van der Waals surface area (Å²) in [6.07, 6.45) is -2.86. The number of amides is 1. The Morgan fingerprint density at radius 3 is 2.23 bits per heavy atom. The molecule has 6 nitrogen and oxygen atoms in total. The molecule has 0 bridgehead atoms. The molecule has 1 aliphatic heterocycles. The summed E-state index contributed by atoms with van der Waals surface area (Å²) in [5, 5.41) is 8.44. The highest BCUT2D eigenvalue weighted by Gasteiger charge is 2.30. The van der Waals surface area contributed by atoms with Crippen molar-refractivity contribution in [3.05, 3.63) is 77.6 Å². The van der Waals surface area contributed by atoms with Crippen molar-refractivity contribution in [1.82, 2.24) is 24.8 Å². The van der Waals surface area contributed by atoms with Crippen molar-refractivity contribution in [2.24, 2.45) is 0 Å². The quantitative estimate of drug-likeness (QED) is 0.657. The number of nitrogens with zero attached hydrogens (tertiary/aromatic N) is 5. The van der Waals surface area contributed by atoms with E-state index in [2.05, 4.69) is 15.1 Å². The lowest BCUT2D eigenvalue weighted by atomic mass is 10.1. The average molecular weight is 415 g/mol. The molecule has 2 aromatic carbocycles. The van der Waals surface area contributed by atoms with E-state index in [1.165, 1.54) is 23.1 Å². The normalized spacial score (nSPS) is 15.4. The van der Waals surface area contributed by atoms with Gasteiger partial charge >= 0.3 is 6.18 Å². The molecule has 0 radical (unpaired) electrons. The number of aromatic nitrogens is 3. The second-order valence-electron chi connectivity index (χ2n) is 7.12. The largest absolute Gasteiger partial charge is 0.416 e. The minimum atomic E-state index is -4.33. The zero-order chi connectivity index (χ0) is 21.1. The van der Waals surface area contributed by atoms with Crippen LogP contribution in [-0.2, 0) is 12.7 Å². The summed E-state index contributed by atoms with van der Waals surface area (Å²) in [6, 6.07) is 14.6. The van der Waals surface area contributed by atoms with Crippen molar-refractivity contribution in [2.45, 2.75) is 12.7 Å². The molecule has 0 N–H and O–H groups in total. The first-order valence-corrected chi connectivity index (χ1v) is 9.56. The lowest BCUT2D eigenvalue weighted by Crippen LogP contribution is -2.48. The molecule has 4 rings (SSSR count). The zero-order valence-electron chi connectivity index (χ0n) is 16.1. The number of carbonyl (C=O) groups excluding carboxylic acids is 1. The van der Waals surface area contributed by atoms with E-state index in [4.69, 9.17) is 0 Å². The minimum Gasteiger partial charge on any atom is -0.335 e. The molecule has 0 unspecified atom stereocenters. The van der Waals surface area contributed by atoms with Gasteiger partial charge in [-0.15, -0.1) is 5.10 Å². The number of benzene rings is 2. The lowest BCUT2D eigenvalue weighted by Gasteiger charge is -2.34. The predicted octanol–water partition coefficient (Wildman–Crippen LogP) is 3.24. The Balaban J connectivity index is 1.32. The molecule has 3 aromatic rings. The van der Waals surface area contributed by atoms with Crippen LogP contribution in [0.3, 0.4) is 0 Å². The number of rotatable bonds is 4. The van der Waals surface area contributed by atoms with Gasteiger partial charge in [-0.1, -0.05) is 30.3 Å². The van der Waals surface area contributed by atoms with Crippen molar-refractivity contribution in [1.29, 1.82) is 0 Å². The topological polar surface area (TPSA) is 54.3 Å². The van der Waals surface area contributed by atoms with Gasteiger partial charge in [0.25, 0.3) is 5.91 Å². The SMILES string of the molecule is O=C(c1cnn(-c2ccccc2)n1)N1CCN(Cc2ccc(C(F)(F)F)cc2)CC1. The van der Waals surface area contributed by atoms with Gasteiger partial charge in [-0.25, -0.2) is 0 Å². The molecular formula is C21H20F3N5O. The van der Waals surface area contributed by atoms with Crippen molar-refractivity contribution in [3.63, 3.8) is 0 Å². The van der Waals surface area contributed by atoms with Gasteiger partial charge in [0.15, 0.2) is 5.69 Å². The fourth-order valence-corrected chi connectivity index (χ4v) is 3.38. The first-order valence-electron chi connectivity index (χ1n) is 9.56. The van der Waals surface area contributed by atoms with Crippen molar-refractivity contribution >= 4 is 5.91 Å². The smallest absolute Gasteiger partial charge is 0.335 e. The molecule has 0 atom stereocenters. The predicted molar refractivity (Wildman–Crippen MR) is 104 cm³/mol. The highest BCUT2D eigenvalue weighted by Crippen LogP contribution is 2.29. The maximum Gasteiger partial charge on any atom is 0.416 e. The maximum atomic E-state index is 12.7. The standard InChI is InChI=1S/C21H20F3N5O/c22-21(23,24)17-8-6-16(7-9-17)15-27-10-12-28(13-11-27)20(30)19-14-25-29(26-19)18-4-2-1-3-5-18/h1-9,14H,10-13,15H2. The van der Waals surface area contributed by atoms with Gasteiger partial charge < -0.3 is 4.90 Å². The van der Waals surface area contributed by atoms with Crippen molar-refractivity contribution in [2.75, 3.05) is 26.2 Å². The van der Waals surface area contributed by atoms with E-state index >= 15 is 0 Å². The summed E-state index contributed by atoms with van der Waals surface area (Å²) in [5.41, 5.74) is 1.23. The fourth-order valence-electron chi connectivity index (χ4n) is 3.38. The van der Waals surface area contributed by atoms with Crippen LogP contribution in [0.5, 0.6) is 0 Å². The molecule has 2 heterocycles. The number of carbonyl (C=O) groups is 1. The Morgan fingerprint density at radius 1 is 0.933 bits per heavy atom. The van der Waals surface area contributed by atoms with Gasteiger partial charge in [-0.2, -0.15) is 23.1 Å². The summed E-state index contributed by atoms with van der Waals surface area (Å²) < 4.78 is 38.0. The number of halogens is 3. The molecule has 0 saturated carbocycles. The monoisotopic (exact) mass is 415 g/mol. The number of hydrogen-bond donors (Lipinski definition) is 0. The van der Waals surface area contributed by atoms with Gasteiger partial charge in [0.05, 0.1) is 17.4 Å². The molecule has 30 heavy (non-hydrogen) atoms. The first kappa shape index (κ1) is 20.1. The highest BCUT2D eigenvalue weighted by atomic mass is 19.4. The van der Waals surface area contributed by atoms with Crippen LogP contribution in [0.25, 0.3) is 5.69 Å². The van der Waals surface area contributed by atoms with E-state index in [0.29, 0.717) is 32.7 Å². The average Bonchev–Trinajstić information content (AvgIpc) is 3.24. The van der Waals surface area contributed by atoms with Gasteiger partial charge in [0.1, 0.15) is 0 Å². The number of piperazine rings is 1. The fraction of sp³-hybridized carbons (Fsp3) is 0.286. The van der Waals surface area contributed by atoms with Crippen LogP contribution < -0.4 is 0 Å². The van der Waals surface area contributed by atoms with Gasteiger partial charge in [0, 0.05) is 32.7 Å². The second-order valence-corrected chi connectivity index (χ2v) is 7.12. The molecule has 156 valence electrons. The zero-order valence-corrected chi connectivity index (χ0v) is 16.1. The van der Waals surface area contributed by atoms with Gasteiger partial charge in [-0.3, -0.25) is 9.69 Å². The minimum absolute atomic E-state index is 0.175. The van der Waals surface area contributed by atoms with Crippen LogP contribution in [0.2, 0.25) is 0 Å². The summed E-state index contributed by atoms with van der Waals surface area (Å²) in [4.78, 5) is 18.0. The summed E-state index contributed by atoms with van der Waals surface area (Å²) in [7, 11) is 0. The number of para-hydroxylation sites is 1. The molecule has 1 fully saturated rings. The maximum absolute atomic E-state index is 12.7. The molecule has 1 aliphatic rings. The Labute approximate surface area is 171 Å². The Morgan fingerprint density at radius 2 is 1.60 bits per heavy atom. The molecule has 1 aromatic heterocycles. The molecule has 0 spiro atoms. The molecular weight excluding hydrogens is 395 g/mol. The van der Waals surface area contributed by atoms with Crippen LogP contribution >= 0.6 is 0 Å². The lowest BCUT2D eigenvalue weighted by molar-refractivity contribution is -0.137. The van der Waals surface area contributed by atoms with Crippen molar-refractivity contribution < 1.29 is 18.0 Å². The van der Waals surface area contributed by atoms with E-state index in [0.717, 1.165) is 23.4 Å². The third-order valence-electron chi connectivity index (χ3n) is 5.05. The van der Waals surface area contributed by atoms with E-state index in [1.54, 1.807) is 4.90 Å². The molecule has 9 heteroatoms. The highest BCUT2D eigenvalue weighted by molar-refractivity contribution is 5.92. The molecule has 1 amide bonds. The van der Waals surface area contributed by atoms with Gasteiger partial charge in [-0.05, 0) is 29.8 Å². The second kappa shape index (κ2) is 8.27. The van der Waals surface area contributed by atoms with Crippen LogP contribution in [0.15, 0.2) is 60.8 Å². The van der Waals surface area contributed by atoms with Crippen molar-refractivity contribution in [3.8, 4) is 5.69 Å². The molecule has 1 saturated heterocycles.